The average Bonchev–Trinajstić information content (AvgIpc) is 2.61. The molecule has 0 aromatic carbocycles. The van der Waals surface area contributed by atoms with Gasteiger partial charge >= 0.3 is 0 Å². The van der Waals surface area contributed by atoms with E-state index in [9.17, 15) is 9.90 Å². The van der Waals surface area contributed by atoms with Gasteiger partial charge in [0.05, 0.1) is 12.2 Å². The molecule has 1 aliphatic heterocycles. The number of Topliss-reactive ketones (excluding diaryl/α,β-unsaturated/α-hetero) is 1. The van der Waals surface area contributed by atoms with Crippen LogP contribution < -0.4 is 0 Å². The zero-order valence-corrected chi connectivity index (χ0v) is 20.3. The molecule has 1 fully saturated rings. The summed E-state index contributed by atoms with van der Waals surface area (Å²) in [5.41, 5.74) is -1.18. The van der Waals surface area contributed by atoms with Gasteiger partial charge in [0, 0.05) is 23.9 Å². The molecule has 1 rings (SSSR count). The van der Waals surface area contributed by atoms with Gasteiger partial charge in [-0.25, -0.2) is 0 Å². The molecule has 172 valence electrons. The van der Waals surface area contributed by atoms with Gasteiger partial charge in [-0.1, -0.05) is 58.8 Å². The van der Waals surface area contributed by atoms with Crippen molar-refractivity contribution in [3.05, 3.63) is 0 Å². The van der Waals surface area contributed by atoms with E-state index in [0.29, 0.717) is 12.8 Å². The van der Waals surface area contributed by atoms with E-state index >= 15 is 0 Å². The molecule has 0 amide bonds. The summed E-state index contributed by atoms with van der Waals surface area (Å²) >= 11 is 0. The number of carbonyl (C=O) groups is 1. The van der Waals surface area contributed by atoms with Gasteiger partial charge in [0.15, 0.2) is 0 Å². The molecule has 1 aliphatic rings. The first-order chi connectivity index (χ1) is 13.6. The van der Waals surface area contributed by atoms with Crippen molar-refractivity contribution in [3.63, 3.8) is 0 Å². The summed E-state index contributed by atoms with van der Waals surface area (Å²) in [6.45, 7) is 13.4. The molecule has 1 heterocycles. The molecule has 29 heavy (non-hydrogen) atoms. The fourth-order valence-electron chi connectivity index (χ4n) is 4.81. The number of piperidine rings is 1. The summed E-state index contributed by atoms with van der Waals surface area (Å²) < 4.78 is 0. The van der Waals surface area contributed by atoms with Crippen LogP contribution >= 0.6 is 0 Å². The molecule has 1 atom stereocenters. The number of hydrogen-bond acceptors (Lipinski definition) is 4. The largest absolute Gasteiger partial charge is 0.387 e. The van der Waals surface area contributed by atoms with E-state index in [1.165, 1.54) is 32.1 Å². The van der Waals surface area contributed by atoms with E-state index in [1.54, 1.807) is 0 Å². The van der Waals surface area contributed by atoms with Crippen LogP contribution in [0, 0.1) is 0 Å². The van der Waals surface area contributed by atoms with Gasteiger partial charge in [-0.2, -0.15) is 5.06 Å². The maximum absolute atomic E-state index is 12.6. The van der Waals surface area contributed by atoms with Crippen molar-refractivity contribution in [1.82, 2.24) is 5.06 Å². The number of hydroxylamine groups is 2. The molecule has 0 aliphatic carbocycles. The van der Waals surface area contributed by atoms with Crippen LogP contribution in [0.2, 0.25) is 0 Å². The zero-order valence-electron chi connectivity index (χ0n) is 20.3. The van der Waals surface area contributed by atoms with Gasteiger partial charge < -0.3 is 5.11 Å². The number of nitrogens with zero attached hydrogens (tertiary/aromatic N) is 1. The molecule has 1 saturated heterocycles. The Morgan fingerprint density at radius 1 is 0.931 bits per heavy atom. The lowest BCUT2D eigenvalue weighted by Crippen LogP contribution is -2.59. The Hall–Kier alpha value is -0.450. The molecule has 4 heteroatoms. The Balaban J connectivity index is 2.72. The monoisotopic (exact) mass is 411 g/mol. The van der Waals surface area contributed by atoms with Crippen LogP contribution in [0.4, 0.5) is 0 Å². The summed E-state index contributed by atoms with van der Waals surface area (Å²) in [5.74, 6) is 0.180. The molecule has 4 nitrogen and oxygen atoms in total. The summed E-state index contributed by atoms with van der Waals surface area (Å²) in [6.07, 6.45) is 13.6. The van der Waals surface area contributed by atoms with E-state index in [1.807, 2.05) is 0 Å². The number of rotatable bonds is 15. The van der Waals surface area contributed by atoms with Crippen molar-refractivity contribution in [1.29, 1.82) is 0 Å². The Labute approximate surface area is 180 Å². The third-order valence-corrected chi connectivity index (χ3v) is 6.47. The van der Waals surface area contributed by atoms with Gasteiger partial charge in [-0.3, -0.25) is 9.63 Å². The highest BCUT2D eigenvalue weighted by atomic mass is 16.7. The zero-order chi connectivity index (χ0) is 22.0. The SMILES string of the molecule is CCCCCCC(=O)CC(O)(CCCCCC)CON1C(C)(C)CCCC1(C)C. The second-order valence-corrected chi connectivity index (χ2v) is 10.6. The first-order valence-corrected chi connectivity index (χ1v) is 12.2. The van der Waals surface area contributed by atoms with Gasteiger partial charge in [0.2, 0.25) is 0 Å². The van der Waals surface area contributed by atoms with Crippen molar-refractivity contribution in [2.24, 2.45) is 0 Å². The van der Waals surface area contributed by atoms with E-state index in [0.717, 1.165) is 38.5 Å². The minimum absolute atomic E-state index is 0.0605. The minimum atomic E-state index is -1.06. The Kier molecular flexibility index (Phi) is 11.4. The molecule has 1 unspecified atom stereocenters. The first kappa shape index (κ1) is 26.6. The van der Waals surface area contributed by atoms with Crippen LogP contribution in [-0.4, -0.2) is 39.2 Å². The van der Waals surface area contributed by atoms with Crippen LogP contribution in [0.5, 0.6) is 0 Å². The number of carbonyl (C=O) groups excluding carboxylic acids is 1. The highest BCUT2D eigenvalue weighted by Crippen LogP contribution is 2.39. The summed E-state index contributed by atoms with van der Waals surface area (Å²) in [4.78, 5) is 18.9. The van der Waals surface area contributed by atoms with Crippen LogP contribution in [-0.2, 0) is 9.63 Å². The number of hydrogen-bond donors (Lipinski definition) is 1. The number of aliphatic hydroxyl groups is 1. The maximum Gasteiger partial charge on any atom is 0.135 e. The van der Waals surface area contributed by atoms with E-state index in [4.69, 9.17) is 4.84 Å². The Bertz CT molecular complexity index is 459. The van der Waals surface area contributed by atoms with Crippen molar-refractivity contribution in [2.75, 3.05) is 6.61 Å². The van der Waals surface area contributed by atoms with Crippen LogP contribution in [0.3, 0.4) is 0 Å². The lowest BCUT2D eigenvalue weighted by atomic mass is 9.82. The Morgan fingerprint density at radius 3 is 2.03 bits per heavy atom. The molecular weight excluding hydrogens is 362 g/mol. The normalized spacial score (nSPS) is 21.1. The van der Waals surface area contributed by atoms with Gasteiger partial charge in [-0.15, -0.1) is 0 Å². The molecule has 0 bridgehead atoms. The molecule has 0 spiro atoms. The van der Waals surface area contributed by atoms with Crippen molar-refractivity contribution in [3.8, 4) is 0 Å². The smallest absolute Gasteiger partial charge is 0.135 e. The summed E-state index contributed by atoms with van der Waals surface area (Å²) in [7, 11) is 0. The van der Waals surface area contributed by atoms with Crippen LogP contribution in [0.25, 0.3) is 0 Å². The predicted octanol–water partition coefficient (Wildman–Crippen LogP) is 6.59. The molecular formula is C25H49NO3. The number of unbranched alkanes of at least 4 members (excludes halogenated alkanes) is 6. The first-order valence-electron chi connectivity index (χ1n) is 12.2. The van der Waals surface area contributed by atoms with E-state index < -0.39 is 5.60 Å². The standard InChI is InChI=1S/C25H49NO3/c1-7-9-11-13-16-22(27)20-25(28,19-14-12-10-8-2)21-29-26-23(3,4)17-15-18-24(26,5)6/h28H,7-21H2,1-6H3. The summed E-state index contributed by atoms with van der Waals surface area (Å²) in [5, 5.41) is 13.5. The molecule has 0 aromatic heterocycles. The van der Waals surface area contributed by atoms with Crippen LogP contribution in [0.1, 0.15) is 131 Å². The molecule has 0 radical (unpaired) electrons. The second-order valence-electron chi connectivity index (χ2n) is 10.6. The topological polar surface area (TPSA) is 49.8 Å². The highest BCUT2D eigenvalue weighted by molar-refractivity contribution is 5.79. The Morgan fingerprint density at radius 2 is 1.48 bits per heavy atom. The lowest BCUT2D eigenvalue weighted by molar-refractivity contribution is -0.299. The fraction of sp³-hybridized carbons (Fsp3) is 0.960. The van der Waals surface area contributed by atoms with Gasteiger partial charge in [0.1, 0.15) is 5.78 Å². The quantitative estimate of drug-likeness (QED) is 0.309. The maximum atomic E-state index is 12.6. The lowest BCUT2D eigenvalue weighted by Gasteiger charge is -2.52. The summed E-state index contributed by atoms with van der Waals surface area (Å²) in [6, 6.07) is 0. The van der Waals surface area contributed by atoms with Gasteiger partial charge in [-0.05, 0) is 59.8 Å². The van der Waals surface area contributed by atoms with Crippen LogP contribution in [0.15, 0.2) is 0 Å². The second kappa shape index (κ2) is 12.4. The highest BCUT2D eigenvalue weighted by Gasteiger charge is 2.44. The average molecular weight is 412 g/mol. The van der Waals surface area contributed by atoms with Gasteiger partial charge in [0.25, 0.3) is 0 Å². The van der Waals surface area contributed by atoms with Crippen molar-refractivity contribution >= 4 is 5.78 Å². The van der Waals surface area contributed by atoms with E-state index in [2.05, 4.69) is 46.6 Å². The predicted molar refractivity (Wildman–Crippen MR) is 122 cm³/mol. The molecule has 0 aromatic rings. The number of ketones is 1. The fourth-order valence-corrected chi connectivity index (χ4v) is 4.81. The van der Waals surface area contributed by atoms with E-state index in [-0.39, 0.29) is 29.9 Å². The third-order valence-electron chi connectivity index (χ3n) is 6.47. The third kappa shape index (κ3) is 9.48. The molecule has 0 saturated carbocycles. The van der Waals surface area contributed by atoms with Crippen molar-refractivity contribution < 1.29 is 14.7 Å². The minimum Gasteiger partial charge on any atom is -0.387 e. The van der Waals surface area contributed by atoms with Crippen molar-refractivity contribution in [2.45, 2.75) is 148 Å². The molecule has 1 N–H and O–H groups in total.